The predicted molar refractivity (Wildman–Crippen MR) is 227 cm³/mol. The van der Waals surface area contributed by atoms with Gasteiger partial charge in [-0.05, 0) is 85.2 Å². The number of nitrogens with zero attached hydrogens (tertiary/aromatic N) is 5. The highest BCUT2D eigenvalue weighted by Crippen LogP contribution is 2.25. The summed E-state index contributed by atoms with van der Waals surface area (Å²) >= 11 is 0. The summed E-state index contributed by atoms with van der Waals surface area (Å²) < 4.78 is 0. The van der Waals surface area contributed by atoms with Crippen molar-refractivity contribution in [2.45, 2.75) is 144 Å². The molecule has 0 spiro atoms. The Bertz CT molecular complexity index is 1160. The van der Waals surface area contributed by atoms with Gasteiger partial charge in [0, 0.05) is 96.3 Å². The van der Waals surface area contributed by atoms with Gasteiger partial charge >= 0.3 is 0 Å². The third-order valence-corrected chi connectivity index (χ3v) is 10.3. The fourth-order valence-electron chi connectivity index (χ4n) is 6.64. The Morgan fingerprint density at radius 1 is 0.536 bits per heavy atom. The Balaban J connectivity index is 5.54. The number of hydrogen-bond acceptors (Lipinski definition) is 8. The van der Waals surface area contributed by atoms with Crippen molar-refractivity contribution in [3.8, 4) is 0 Å². The second-order valence-corrected chi connectivity index (χ2v) is 16.8. The number of carbonyl (C=O) groups is 6. The number of carbonyl (C=O) groups excluding carboxylic acids is 6. The van der Waals surface area contributed by atoms with Crippen molar-refractivity contribution < 1.29 is 28.8 Å². The van der Waals surface area contributed by atoms with Crippen LogP contribution in [0.1, 0.15) is 138 Å². The zero-order chi connectivity index (χ0) is 42.7. The maximum absolute atomic E-state index is 13.8. The lowest BCUT2D eigenvalue weighted by Crippen LogP contribution is -2.46. The molecule has 13 nitrogen and oxygen atoms in total. The second kappa shape index (κ2) is 30.1. The van der Waals surface area contributed by atoms with Crippen LogP contribution in [-0.2, 0) is 28.8 Å². The van der Waals surface area contributed by atoms with E-state index in [1.807, 2.05) is 27.9 Å². The van der Waals surface area contributed by atoms with E-state index in [0.29, 0.717) is 84.2 Å². The van der Waals surface area contributed by atoms with E-state index in [4.69, 9.17) is 0 Å². The third kappa shape index (κ3) is 24.5. The highest BCUT2D eigenvalue weighted by molar-refractivity contribution is 5.87. The second-order valence-electron chi connectivity index (χ2n) is 16.8. The first-order valence-corrected chi connectivity index (χ1v) is 21.6. The smallest absolute Gasteiger partial charge is 0.223 e. The van der Waals surface area contributed by atoms with E-state index in [0.717, 1.165) is 45.2 Å². The van der Waals surface area contributed by atoms with Crippen LogP contribution in [0.25, 0.3) is 0 Å². The summed E-state index contributed by atoms with van der Waals surface area (Å²) in [6.07, 6.45) is 8.27. The molecule has 0 saturated carbocycles. The van der Waals surface area contributed by atoms with Crippen LogP contribution in [0.4, 0.5) is 0 Å². The summed E-state index contributed by atoms with van der Waals surface area (Å²) in [6, 6.07) is 0.00312. The number of rotatable bonds is 32. The summed E-state index contributed by atoms with van der Waals surface area (Å²) in [4.78, 5) is 87.0. The van der Waals surface area contributed by atoms with Gasteiger partial charge in [0.05, 0.1) is 0 Å². The maximum Gasteiger partial charge on any atom is 0.223 e. The number of ketones is 1. The fraction of sp³-hybridized carbons (Fsp3) is 0.860. The summed E-state index contributed by atoms with van der Waals surface area (Å²) in [7, 11) is 8.20. The van der Waals surface area contributed by atoms with Gasteiger partial charge in [-0.2, -0.15) is 0 Å². The van der Waals surface area contributed by atoms with E-state index in [1.165, 1.54) is 0 Å². The first-order valence-electron chi connectivity index (χ1n) is 21.6. The molecule has 0 rings (SSSR count). The average Bonchev–Trinajstić information content (AvgIpc) is 3.15. The molecule has 0 heterocycles. The molecule has 13 heteroatoms. The molecular weight excluding hydrogens is 711 g/mol. The molecule has 0 fully saturated rings. The number of nitrogens with one attached hydrogen (secondary N) is 2. The van der Waals surface area contributed by atoms with E-state index in [9.17, 15) is 28.8 Å². The minimum atomic E-state index is -0.422. The molecule has 0 aromatic rings. The lowest BCUT2D eigenvalue weighted by atomic mass is 9.83. The zero-order valence-corrected chi connectivity index (χ0v) is 37.6. The van der Waals surface area contributed by atoms with Gasteiger partial charge in [0.15, 0.2) is 0 Å². The number of Topliss-reactive ketones (excluding diaryl/α,β-unsaturated/α-hetero) is 1. The monoisotopic (exact) mass is 794 g/mol. The van der Waals surface area contributed by atoms with Gasteiger partial charge in [-0.3, -0.25) is 28.8 Å². The molecule has 0 aliphatic heterocycles. The average molecular weight is 794 g/mol. The van der Waals surface area contributed by atoms with Crippen molar-refractivity contribution in [3.05, 3.63) is 0 Å². The molecule has 0 bridgehead atoms. The van der Waals surface area contributed by atoms with Crippen LogP contribution < -0.4 is 10.6 Å². The van der Waals surface area contributed by atoms with E-state index in [-0.39, 0.29) is 66.2 Å². The molecule has 2 unspecified atom stereocenters. The number of amides is 5. The largest absolute Gasteiger partial charge is 0.356 e. The molecular formula is C43H83N7O6. The van der Waals surface area contributed by atoms with Crippen molar-refractivity contribution in [1.82, 2.24) is 35.1 Å². The minimum Gasteiger partial charge on any atom is -0.356 e. The lowest BCUT2D eigenvalue weighted by Gasteiger charge is -2.33. The molecule has 0 aromatic carbocycles. The van der Waals surface area contributed by atoms with E-state index < -0.39 is 5.92 Å². The molecule has 0 aliphatic rings. The molecule has 0 saturated heterocycles. The highest BCUT2D eigenvalue weighted by Gasteiger charge is 2.30. The highest BCUT2D eigenvalue weighted by atomic mass is 16.2. The lowest BCUT2D eigenvalue weighted by molar-refractivity contribution is -0.135. The molecule has 326 valence electrons. The predicted octanol–water partition coefficient (Wildman–Crippen LogP) is 4.97. The van der Waals surface area contributed by atoms with Gasteiger partial charge in [0.1, 0.15) is 5.78 Å². The maximum atomic E-state index is 13.8. The van der Waals surface area contributed by atoms with Crippen molar-refractivity contribution in [1.29, 1.82) is 0 Å². The zero-order valence-electron chi connectivity index (χ0n) is 37.6. The van der Waals surface area contributed by atoms with Crippen LogP contribution >= 0.6 is 0 Å². The summed E-state index contributed by atoms with van der Waals surface area (Å²) in [5.41, 5.74) is -0.119. The number of hydrogen-bond donors (Lipinski definition) is 2. The van der Waals surface area contributed by atoms with Gasteiger partial charge in [0.25, 0.3) is 0 Å². The van der Waals surface area contributed by atoms with Crippen molar-refractivity contribution in [2.75, 3.05) is 87.1 Å². The van der Waals surface area contributed by atoms with Gasteiger partial charge in [-0.25, -0.2) is 0 Å². The fourth-order valence-corrected chi connectivity index (χ4v) is 6.64. The quantitative estimate of drug-likeness (QED) is 0.0911. The standard InChI is InChI=1S/C43H83N7O6/c1-12-38(52)44-25-20-28-49(40(54)14-3)32-33-50(41(55)15-4)30-21-29-48(39(53)13-2)31-24-36(51)34-35(22-16-18-26-46(8)9)42(56)45-37(43(5,6)7)23-17-19-27-47(10)11/h35,37H,12-34H2,1-11H3,(H,44,52)(H,45,56). The molecule has 2 N–H and O–H groups in total. The van der Waals surface area contributed by atoms with Crippen LogP contribution in [-0.4, -0.2) is 153 Å². The summed E-state index contributed by atoms with van der Waals surface area (Å²) in [5.74, 6) is -0.607. The Kier molecular flexibility index (Phi) is 28.4. The normalized spacial score (nSPS) is 12.7. The minimum absolute atomic E-state index is 0.00184. The first-order chi connectivity index (χ1) is 26.4. The van der Waals surface area contributed by atoms with Crippen molar-refractivity contribution in [3.63, 3.8) is 0 Å². The van der Waals surface area contributed by atoms with E-state index >= 15 is 0 Å². The van der Waals surface area contributed by atoms with Crippen molar-refractivity contribution in [2.24, 2.45) is 11.3 Å². The van der Waals surface area contributed by atoms with Crippen LogP contribution in [0.3, 0.4) is 0 Å². The van der Waals surface area contributed by atoms with E-state index in [2.05, 4.69) is 55.3 Å². The Labute approximate surface area is 341 Å². The molecule has 5 amide bonds. The molecule has 0 radical (unpaired) electrons. The SMILES string of the molecule is CCC(=O)NCCCN(CCN(CCCN(CCC(=O)CC(CCCCN(C)C)C(=O)NC(CCCCN(C)C)C(C)(C)C)C(=O)CC)C(=O)CC)C(=O)CC. The van der Waals surface area contributed by atoms with Gasteiger partial charge in [-0.15, -0.1) is 0 Å². The van der Waals surface area contributed by atoms with E-state index in [1.54, 1.807) is 28.5 Å². The molecule has 0 aliphatic carbocycles. The summed E-state index contributed by atoms with van der Waals surface area (Å²) in [6.45, 7) is 18.4. The van der Waals surface area contributed by atoms with Crippen LogP contribution in [0.5, 0.6) is 0 Å². The van der Waals surface area contributed by atoms with Crippen LogP contribution in [0.2, 0.25) is 0 Å². The Hall–Kier alpha value is -3.06. The van der Waals surface area contributed by atoms with Gasteiger partial charge < -0.3 is 35.1 Å². The molecule has 56 heavy (non-hydrogen) atoms. The topological polar surface area (TPSA) is 143 Å². The van der Waals surface area contributed by atoms with Gasteiger partial charge in [-0.1, -0.05) is 61.3 Å². The third-order valence-electron chi connectivity index (χ3n) is 10.3. The van der Waals surface area contributed by atoms with Crippen LogP contribution in [0.15, 0.2) is 0 Å². The van der Waals surface area contributed by atoms with Crippen LogP contribution in [0, 0.1) is 11.3 Å². The molecule has 0 aromatic heterocycles. The Morgan fingerprint density at radius 3 is 1.45 bits per heavy atom. The first kappa shape index (κ1) is 52.9. The van der Waals surface area contributed by atoms with Gasteiger partial charge in [0.2, 0.25) is 29.5 Å². The number of unbranched alkanes of at least 4 members (excludes halogenated alkanes) is 2. The summed E-state index contributed by atoms with van der Waals surface area (Å²) in [5, 5.41) is 6.18. The Morgan fingerprint density at radius 2 is 1.00 bits per heavy atom. The molecule has 2 atom stereocenters. The van der Waals surface area contributed by atoms with Crippen molar-refractivity contribution >= 4 is 35.3 Å².